The molecule has 162 valence electrons. The van der Waals surface area contributed by atoms with E-state index in [4.69, 9.17) is 14.2 Å². The standard InChI is InChI=1S/C26H22BrNO4/c1-30-23-13-18(14-24(31-2)26(23)32-3)25(29)22-16-28(20-11-9-19(27)10-12-20)15-21(22)17-7-5-4-6-8-17/h4-16H,1-3H3. The Hall–Kier alpha value is -3.51. The van der Waals surface area contributed by atoms with Crippen LogP contribution in [0.4, 0.5) is 0 Å². The summed E-state index contributed by atoms with van der Waals surface area (Å²) in [5.74, 6) is 1.17. The van der Waals surface area contributed by atoms with Crippen LogP contribution < -0.4 is 14.2 Å². The average molecular weight is 492 g/mol. The van der Waals surface area contributed by atoms with E-state index in [0.29, 0.717) is 28.4 Å². The quantitative estimate of drug-likeness (QED) is 0.290. The molecule has 3 aromatic carbocycles. The van der Waals surface area contributed by atoms with E-state index in [9.17, 15) is 4.79 Å². The van der Waals surface area contributed by atoms with E-state index in [-0.39, 0.29) is 5.78 Å². The number of rotatable bonds is 7. The molecule has 6 heteroatoms. The minimum atomic E-state index is -0.140. The van der Waals surface area contributed by atoms with E-state index >= 15 is 0 Å². The third kappa shape index (κ3) is 4.14. The van der Waals surface area contributed by atoms with E-state index in [0.717, 1.165) is 21.3 Å². The van der Waals surface area contributed by atoms with Gasteiger partial charge < -0.3 is 18.8 Å². The minimum absolute atomic E-state index is 0.140. The monoisotopic (exact) mass is 491 g/mol. The first-order valence-corrected chi connectivity index (χ1v) is 10.7. The Kier molecular flexibility index (Phi) is 6.32. The van der Waals surface area contributed by atoms with Crippen LogP contribution in [-0.2, 0) is 0 Å². The first-order valence-electron chi connectivity index (χ1n) is 9.93. The number of methoxy groups -OCH3 is 3. The Bertz CT molecular complexity index is 1220. The molecule has 0 amide bonds. The molecule has 1 heterocycles. The SMILES string of the molecule is COc1cc(C(=O)c2cn(-c3ccc(Br)cc3)cc2-c2ccccc2)cc(OC)c1OC. The highest BCUT2D eigenvalue weighted by Crippen LogP contribution is 2.39. The molecular weight excluding hydrogens is 470 g/mol. The van der Waals surface area contributed by atoms with Crippen molar-refractivity contribution in [3.8, 4) is 34.1 Å². The molecular formula is C26H22BrNO4. The van der Waals surface area contributed by atoms with E-state index in [1.807, 2.05) is 71.6 Å². The summed E-state index contributed by atoms with van der Waals surface area (Å²) in [7, 11) is 4.60. The lowest BCUT2D eigenvalue weighted by Gasteiger charge is -2.14. The number of carbonyl (C=O) groups excluding carboxylic acids is 1. The van der Waals surface area contributed by atoms with Gasteiger partial charge in [-0.25, -0.2) is 0 Å². The third-order valence-electron chi connectivity index (χ3n) is 5.21. The molecule has 0 atom stereocenters. The van der Waals surface area contributed by atoms with Crippen LogP contribution >= 0.6 is 15.9 Å². The second-order valence-corrected chi connectivity index (χ2v) is 7.99. The van der Waals surface area contributed by atoms with Gasteiger partial charge in [0.15, 0.2) is 17.3 Å². The highest BCUT2D eigenvalue weighted by molar-refractivity contribution is 9.10. The fourth-order valence-electron chi connectivity index (χ4n) is 3.61. The van der Waals surface area contributed by atoms with Crippen molar-refractivity contribution in [3.63, 3.8) is 0 Å². The van der Waals surface area contributed by atoms with Crippen molar-refractivity contribution in [2.24, 2.45) is 0 Å². The number of hydrogen-bond acceptors (Lipinski definition) is 4. The maximum atomic E-state index is 13.7. The maximum Gasteiger partial charge on any atom is 0.203 e. The zero-order valence-electron chi connectivity index (χ0n) is 18.0. The number of aromatic nitrogens is 1. The summed E-state index contributed by atoms with van der Waals surface area (Å²) >= 11 is 3.47. The molecule has 0 spiro atoms. The van der Waals surface area contributed by atoms with E-state index in [2.05, 4.69) is 15.9 Å². The lowest BCUT2D eigenvalue weighted by Crippen LogP contribution is -2.04. The predicted octanol–water partition coefficient (Wildman–Crippen LogP) is 6.16. The van der Waals surface area contributed by atoms with Crippen molar-refractivity contribution < 1.29 is 19.0 Å². The van der Waals surface area contributed by atoms with Gasteiger partial charge >= 0.3 is 0 Å². The number of benzene rings is 3. The first kappa shape index (κ1) is 21.7. The molecule has 0 saturated heterocycles. The zero-order valence-corrected chi connectivity index (χ0v) is 19.5. The van der Waals surface area contributed by atoms with E-state index in [1.165, 1.54) is 21.3 Å². The predicted molar refractivity (Wildman–Crippen MR) is 128 cm³/mol. The van der Waals surface area contributed by atoms with Gasteiger partial charge in [-0.1, -0.05) is 46.3 Å². The van der Waals surface area contributed by atoms with E-state index < -0.39 is 0 Å². The smallest absolute Gasteiger partial charge is 0.203 e. The van der Waals surface area contributed by atoms with Gasteiger partial charge in [0.1, 0.15) is 0 Å². The van der Waals surface area contributed by atoms with Crippen LogP contribution in [0.15, 0.2) is 83.6 Å². The molecule has 0 fully saturated rings. The summed E-state index contributed by atoms with van der Waals surface area (Å²) in [5, 5.41) is 0. The minimum Gasteiger partial charge on any atom is -0.493 e. The fourth-order valence-corrected chi connectivity index (χ4v) is 3.88. The number of halogens is 1. The summed E-state index contributed by atoms with van der Waals surface area (Å²) in [6, 6.07) is 21.1. The highest BCUT2D eigenvalue weighted by Gasteiger charge is 2.22. The normalized spacial score (nSPS) is 10.6. The van der Waals surface area contributed by atoms with Gasteiger partial charge in [0.2, 0.25) is 5.75 Å². The Morgan fingerprint density at radius 2 is 1.44 bits per heavy atom. The summed E-state index contributed by atoms with van der Waals surface area (Å²) in [4.78, 5) is 13.7. The Labute approximate surface area is 195 Å². The molecule has 0 aliphatic carbocycles. The van der Waals surface area contributed by atoms with Gasteiger partial charge in [-0.2, -0.15) is 0 Å². The first-order chi connectivity index (χ1) is 15.5. The van der Waals surface area contributed by atoms with Crippen molar-refractivity contribution in [2.75, 3.05) is 21.3 Å². The lowest BCUT2D eigenvalue weighted by molar-refractivity contribution is 0.103. The van der Waals surface area contributed by atoms with Gasteiger partial charge in [-0.15, -0.1) is 0 Å². The van der Waals surface area contributed by atoms with Gasteiger partial charge in [-0.3, -0.25) is 4.79 Å². The fraction of sp³-hybridized carbons (Fsp3) is 0.115. The largest absolute Gasteiger partial charge is 0.493 e. The van der Waals surface area contributed by atoms with Crippen molar-refractivity contribution in [2.45, 2.75) is 0 Å². The third-order valence-corrected chi connectivity index (χ3v) is 5.74. The highest BCUT2D eigenvalue weighted by atomic mass is 79.9. The molecule has 0 N–H and O–H groups in total. The molecule has 4 rings (SSSR count). The summed E-state index contributed by atoms with van der Waals surface area (Å²) in [6.07, 6.45) is 3.83. The number of ketones is 1. The van der Waals surface area contributed by atoms with Crippen LogP contribution in [0.5, 0.6) is 17.2 Å². The van der Waals surface area contributed by atoms with Crippen molar-refractivity contribution in [1.82, 2.24) is 4.57 Å². The van der Waals surface area contributed by atoms with Gasteiger partial charge in [0.05, 0.1) is 21.3 Å². The van der Waals surface area contributed by atoms with Gasteiger partial charge in [-0.05, 0) is 42.0 Å². The molecule has 0 aliphatic rings. The van der Waals surface area contributed by atoms with Crippen molar-refractivity contribution >= 4 is 21.7 Å². The number of hydrogen-bond donors (Lipinski definition) is 0. The molecule has 0 unspecified atom stereocenters. The Balaban J connectivity index is 1.87. The average Bonchev–Trinajstić information content (AvgIpc) is 3.29. The van der Waals surface area contributed by atoms with Crippen LogP contribution in [0.2, 0.25) is 0 Å². The van der Waals surface area contributed by atoms with Gasteiger partial charge in [0, 0.05) is 39.2 Å². The summed E-state index contributed by atoms with van der Waals surface area (Å²) < 4.78 is 19.2. The van der Waals surface area contributed by atoms with Crippen LogP contribution in [0.1, 0.15) is 15.9 Å². The zero-order chi connectivity index (χ0) is 22.7. The summed E-state index contributed by atoms with van der Waals surface area (Å²) in [5.41, 5.74) is 3.78. The molecule has 4 aromatic rings. The van der Waals surface area contributed by atoms with Crippen molar-refractivity contribution in [3.05, 3.63) is 94.7 Å². The number of carbonyl (C=O) groups is 1. The molecule has 1 aromatic heterocycles. The number of ether oxygens (including phenoxy) is 3. The molecule has 0 radical (unpaired) electrons. The summed E-state index contributed by atoms with van der Waals surface area (Å²) in [6.45, 7) is 0. The van der Waals surface area contributed by atoms with Crippen LogP contribution in [0.3, 0.4) is 0 Å². The van der Waals surface area contributed by atoms with Crippen LogP contribution in [0, 0.1) is 0 Å². The second-order valence-electron chi connectivity index (χ2n) is 7.08. The molecule has 5 nitrogen and oxygen atoms in total. The topological polar surface area (TPSA) is 49.7 Å². The lowest BCUT2D eigenvalue weighted by atomic mass is 9.97. The van der Waals surface area contributed by atoms with Crippen LogP contribution in [-0.4, -0.2) is 31.7 Å². The van der Waals surface area contributed by atoms with Crippen molar-refractivity contribution in [1.29, 1.82) is 0 Å². The van der Waals surface area contributed by atoms with E-state index in [1.54, 1.807) is 12.1 Å². The maximum absolute atomic E-state index is 13.7. The molecule has 32 heavy (non-hydrogen) atoms. The Morgan fingerprint density at radius 1 is 0.812 bits per heavy atom. The van der Waals surface area contributed by atoms with Crippen LogP contribution in [0.25, 0.3) is 16.8 Å². The number of nitrogens with zero attached hydrogens (tertiary/aromatic N) is 1. The second kappa shape index (κ2) is 9.32. The molecule has 0 bridgehead atoms. The Morgan fingerprint density at radius 3 is 2.00 bits per heavy atom. The molecule has 0 saturated carbocycles. The molecule has 0 aliphatic heterocycles. The van der Waals surface area contributed by atoms with Gasteiger partial charge in [0.25, 0.3) is 0 Å².